The molecule has 0 bridgehead atoms. The Balaban J connectivity index is 1.70. The topological polar surface area (TPSA) is 68.6 Å². The van der Waals surface area contributed by atoms with Gasteiger partial charge in [-0.2, -0.15) is 18.3 Å². The highest BCUT2D eigenvalue weighted by Gasteiger charge is 2.48. The van der Waals surface area contributed by atoms with E-state index >= 15 is 0 Å². The van der Waals surface area contributed by atoms with Gasteiger partial charge in [-0.05, 0) is 36.5 Å². The Morgan fingerprint density at radius 1 is 1.18 bits per heavy atom. The maximum absolute atomic E-state index is 14.0. The summed E-state index contributed by atoms with van der Waals surface area (Å²) in [6, 6.07) is 2.28. The van der Waals surface area contributed by atoms with Crippen molar-refractivity contribution in [3.63, 3.8) is 0 Å². The number of nitrogens with zero attached hydrogens (tertiary/aromatic N) is 3. The zero-order valence-corrected chi connectivity index (χ0v) is 19.3. The third-order valence-electron chi connectivity index (χ3n) is 6.38. The number of nitrogens with one attached hydrogen (secondary N) is 1. The van der Waals surface area contributed by atoms with E-state index in [1.54, 1.807) is 23.1 Å². The van der Waals surface area contributed by atoms with Gasteiger partial charge in [-0.25, -0.2) is 4.68 Å². The molecule has 1 aromatic carbocycles. The minimum atomic E-state index is -4.58. The van der Waals surface area contributed by atoms with Crippen LogP contribution in [0, 0.1) is 5.92 Å². The van der Waals surface area contributed by atoms with Crippen LogP contribution in [0.25, 0.3) is 0 Å². The number of alkyl halides is 3. The molecule has 0 aliphatic carbocycles. The smallest absolute Gasteiger partial charge is 0.410 e. The molecule has 11 heteroatoms. The molecule has 1 amide bonds. The highest BCUT2D eigenvalue weighted by molar-refractivity contribution is 6.36. The highest BCUT2D eigenvalue weighted by Crippen LogP contribution is 2.47. The van der Waals surface area contributed by atoms with E-state index in [4.69, 9.17) is 21.1 Å². The summed E-state index contributed by atoms with van der Waals surface area (Å²) in [5, 5.41) is 7.01. The third-order valence-corrected chi connectivity index (χ3v) is 6.74. The first-order valence-electron chi connectivity index (χ1n) is 10.8. The van der Waals surface area contributed by atoms with Gasteiger partial charge in [0.1, 0.15) is 10.8 Å². The van der Waals surface area contributed by atoms with Crippen molar-refractivity contribution in [3.8, 4) is 11.5 Å². The maximum Gasteiger partial charge on any atom is 0.410 e. The Bertz CT molecular complexity index is 1030. The lowest BCUT2D eigenvalue weighted by Crippen LogP contribution is -2.38. The Hall–Kier alpha value is -2.62. The standard InChI is InChI=1S/C22H26ClF3N4O3/c1-12-6-8-29(9-7-12)21(31)19-18(23)20-27-14(11-17(22(24,25)26)30(20)28-19)13-4-5-15(32-2)16(10-13)33-3/h4-5,10,12,14,17,27H,6-9,11H2,1-3H3. The quantitative estimate of drug-likeness (QED) is 0.652. The Morgan fingerprint density at radius 3 is 2.45 bits per heavy atom. The summed E-state index contributed by atoms with van der Waals surface area (Å²) >= 11 is 6.45. The fourth-order valence-electron chi connectivity index (χ4n) is 4.38. The fraction of sp³-hybridized carbons (Fsp3) is 0.545. The lowest BCUT2D eigenvalue weighted by molar-refractivity contribution is -0.173. The molecule has 4 rings (SSSR count). The van der Waals surface area contributed by atoms with Crippen LogP contribution in [-0.2, 0) is 0 Å². The SMILES string of the molecule is COc1ccc(C2CC(C(F)(F)F)n3nc(C(=O)N4CCC(C)CC4)c(Cl)c3N2)cc1OC. The minimum absolute atomic E-state index is 0.0150. The molecule has 3 heterocycles. The summed E-state index contributed by atoms with van der Waals surface area (Å²) in [5.41, 5.74) is 0.416. The van der Waals surface area contributed by atoms with Crippen LogP contribution in [0.5, 0.6) is 11.5 Å². The zero-order valence-electron chi connectivity index (χ0n) is 18.6. The van der Waals surface area contributed by atoms with Crippen LogP contribution in [0.1, 0.15) is 54.3 Å². The predicted molar refractivity (Wildman–Crippen MR) is 117 cm³/mol. The first kappa shape index (κ1) is 23.5. The number of hydrogen-bond acceptors (Lipinski definition) is 5. The van der Waals surface area contributed by atoms with Gasteiger partial charge in [-0.3, -0.25) is 4.79 Å². The first-order chi connectivity index (χ1) is 15.6. The van der Waals surface area contributed by atoms with Gasteiger partial charge >= 0.3 is 6.18 Å². The minimum Gasteiger partial charge on any atom is -0.493 e. The first-order valence-corrected chi connectivity index (χ1v) is 11.1. The normalized spacial score (nSPS) is 21.4. The molecule has 1 saturated heterocycles. The number of hydrogen-bond donors (Lipinski definition) is 1. The van der Waals surface area contributed by atoms with Gasteiger partial charge in [0.05, 0.1) is 20.3 Å². The van der Waals surface area contributed by atoms with Crippen LogP contribution in [0.2, 0.25) is 5.02 Å². The summed E-state index contributed by atoms with van der Waals surface area (Å²) in [6.45, 7) is 3.17. The lowest BCUT2D eigenvalue weighted by Gasteiger charge is -2.33. The van der Waals surface area contributed by atoms with Gasteiger partial charge in [0.15, 0.2) is 23.2 Å². The molecule has 1 fully saturated rings. The van der Waals surface area contributed by atoms with Crippen molar-refractivity contribution >= 4 is 23.3 Å². The van der Waals surface area contributed by atoms with Crippen LogP contribution in [0.15, 0.2) is 18.2 Å². The molecule has 0 radical (unpaired) electrons. The van der Waals surface area contributed by atoms with E-state index in [-0.39, 0.29) is 23.0 Å². The number of fused-ring (bicyclic) bond motifs is 1. The number of carbonyl (C=O) groups is 1. The van der Waals surface area contributed by atoms with E-state index in [9.17, 15) is 18.0 Å². The van der Waals surface area contributed by atoms with Crippen molar-refractivity contribution in [3.05, 3.63) is 34.5 Å². The van der Waals surface area contributed by atoms with Crippen LogP contribution in [0.3, 0.4) is 0 Å². The number of likely N-dealkylation sites (tertiary alicyclic amines) is 1. The van der Waals surface area contributed by atoms with Crippen LogP contribution in [0.4, 0.5) is 19.0 Å². The average Bonchev–Trinajstić information content (AvgIpc) is 3.13. The summed E-state index contributed by atoms with van der Waals surface area (Å²) in [5.74, 6) is 0.910. The van der Waals surface area contributed by atoms with Gasteiger partial charge in [0.25, 0.3) is 5.91 Å². The average molecular weight is 487 g/mol. The number of ether oxygens (including phenoxy) is 2. The Labute approximate surface area is 194 Å². The van der Waals surface area contributed by atoms with Crippen LogP contribution in [-0.4, -0.2) is 54.1 Å². The van der Waals surface area contributed by atoms with Crippen molar-refractivity contribution in [2.75, 3.05) is 32.6 Å². The number of benzene rings is 1. The second-order valence-electron chi connectivity index (χ2n) is 8.53. The van der Waals surface area contributed by atoms with Crippen molar-refractivity contribution in [1.82, 2.24) is 14.7 Å². The summed E-state index contributed by atoms with van der Waals surface area (Å²) in [6.07, 6.45) is -3.23. The molecule has 33 heavy (non-hydrogen) atoms. The summed E-state index contributed by atoms with van der Waals surface area (Å²) in [7, 11) is 2.94. The van der Waals surface area contributed by atoms with Crippen LogP contribution >= 0.6 is 11.6 Å². The van der Waals surface area contributed by atoms with E-state index in [2.05, 4.69) is 17.3 Å². The van der Waals surface area contributed by atoms with E-state index in [1.807, 2.05) is 0 Å². The lowest BCUT2D eigenvalue weighted by atomic mass is 9.96. The summed E-state index contributed by atoms with van der Waals surface area (Å²) in [4.78, 5) is 14.6. The highest BCUT2D eigenvalue weighted by atomic mass is 35.5. The van der Waals surface area contributed by atoms with Crippen molar-refractivity contribution in [2.24, 2.45) is 5.92 Å². The molecule has 2 unspecified atom stereocenters. The van der Waals surface area contributed by atoms with Gasteiger partial charge in [0.2, 0.25) is 0 Å². The van der Waals surface area contributed by atoms with Gasteiger partial charge in [-0.15, -0.1) is 0 Å². The molecule has 1 N–H and O–H groups in total. The van der Waals surface area contributed by atoms with Gasteiger partial charge in [-0.1, -0.05) is 24.6 Å². The fourth-order valence-corrected chi connectivity index (χ4v) is 4.64. The van der Waals surface area contributed by atoms with E-state index in [0.29, 0.717) is 36.1 Å². The van der Waals surface area contributed by atoms with Crippen LogP contribution < -0.4 is 14.8 Å². The Kier molecular flexibility index (Phi) is 6.39. The number of halogens is 4. The zero-order chi connectivity index (χ0) is 23.9. The second-order valence-corrected chi connectivity index (χ2v) is 8.91. The molecule has 1 aromatic heterocycles. The maximum atomic E-state index is 14.0. The largest absolute Gasteiger partial charge is 0.493 e. The molecule has 180 valence electrons. The molecule has 2 aromatic rings. The van der Waals surface area contributed by atoms with Crippen molar-refractivity contribution < 1.29 is 27.4 Å². The number of aromatic nitrogens is 2. The monoisotopic (exact) mass is 486 g/mol. The van der Waals surface area contributed by atoms with E-state index in [0.717, 1.165) is 17.5 Å². The number of carbonyl (C=O) groups excluding carboxylic acids is 1. The Morgan fingerprint density at radius 2 is 1.85 bits per heavy atom. The van der Waals surface area contributed by atoms with E-state index in [1.165, 1.54) is 14.2 Å². The van der Waals surface area contributed by atoms with Gasteiger partial charge in [0, 0.05) is 19.5 Å². The summed E-state index contributed by atoms with van der Waals surface area (Å²) < 4.78 is 53.4. The number of methoxy groups -OCH3 is 2. The number of anilines is 1. The number of piperidine rings is 1. The second kappa shape index (κ2) is 8.96. The molecule has 2 aliphatic heterocycles. The molecule has 2 aliphatic rings. The molecule has 0 saturated carbocycles. The van der Waals surface area contributed by atoms with Crippen molar-refractivity contribution in [2.45, 2.75) is 44.4 Å². The van der Waals surface area contributed by atoms with E-state index < -0.39 is 24.2 Å². The number of rotatable bonds is 4. The molecule has 0 spiro atoms. The van der Waals surface area contributed by atoms with Crippen molar-refractivity contribution in [1.29, 1.82) is 0 Å². The molecular formula is C22H26ClF3N4O3. The number of amides is 1. The predicted octanol–water partition coefficient (Wildman–Crippen LogP) is 5.09. The molecular weight excluding hydrogens is 461 g/mol. The third kappa shape index (κ3) is 4.45. The van der Waals surface area contributed by atoms with Gasteiger partial charge < -0.3 is 19.7 Å². The molecule has 2 atom stereocenters. The molecule has 7 nitrogen and oxygen atoms in total.